The quantitative estimate of drug-likeness (QED) is 0.807. The number of hydrogen-bond donors (Lipinski definition) is 0. The molecule has 5 rings (SSSR count). The summed E-state index contributed by atoms with van der Waals surface area (Å²) in [7, 11) is 0. The normalized spacial score (nSPS) is 36.0. The molecule has 0 N–H and O–H groups in total. The molecule has 2 amide bonds. The third-order valence-electron chi connectivity index (χ3n) is 7.54. The first-order valence-electron chi connectivity index (χ1n) is 9.80. The van der Waals surface area contributed by atoms with E-state index in [0.717, 1.165) is 30.7 Å². The van der Waals surface area contributed by atoms with Crippen molar-refractivity contribution in [2.45, 2.75) is 58.6 Å². The summed E-state index contributed by atoms with van der Waals surface area (Å²) < 4.78 is 0. The SMILES string of the molecule is CC1=NO[C@@H](C(=O)N2C3CC4CCC3(C(=O)N2c2ccccc2)C4(C)C)C1. The fourth-order valence-corrected chi connectivity index (χ4v) is 6.03. The molecule has 6 nitrogen and oxygen atoms in total. The molecule has 2 heterocycles. The average Bonchev–Trinajstić information content (AvgIpc) is 3.34. The van der Waals surface area contributed by atoms with Crippen molar-refractivity contribution in [3.63, 3.8) is 0 Å². The number of nitrogens with zero attached hydrogens (tertiary/aromatic N) is 3. The molecule has 0 radical (unpaired) electrons. The second kappa shape index (κ2) is 5.33. The third kappa shape index (κ3) is 1.93. The Kier molecular flexibility index (Phi) is 3.31. The maximum Gasteiger partial charge on any atom is 0.286 e. The summed E-state index contributed by atoms with van der Waals surface area (Å²) >= 11 is 0. The summed E-state index contributed by atoms with van der Waals surface area (Å²) in [5.74, 6) is 0.382. The average molecular weight is 367 g/mol. The van der Waals surface area contributed by atoms with E-state index >= 15 is 0 Å². The van der Waals surface area contributed by atoms with Crippen LogP contribution < -0.4 is 5.01 Å². The van der Waals surface area contributed by atoms with Gasteiger partial charge in [0, 0.05) is 6.42 Å². The number of oxime groups is 1. The largest absolute Gasteiger partial charge is 0.382 e. The highest BCUT2D eigenvalue weighted by Gasteiger charge is 2.75. The zero-order valence-electron chi connectivity index (χ0n) is 16.0. The molecule has 4 aliphatic rings. The summed E-state index contributed by atoms with van der Waals surface area (Å²) in [6.45, 7) is 6.28. The van der Waals surface area contributed by atoms with Crippen LogP contribution in [0.25, 0.3) is 0 Å². The van der Waals surface area contributed by atoms with E-state index < -0.39 is 11.5 Å². The van der Waals surface area contributed by atoms with Crippen LogP contribution in [0.4, 0.5) is 5.69 Å². The van der Waals surface area contributed by atoms with Gasteiger partial charge in [-0.2, -0.15) is 0 Å². The maximum atomic E-state index is 13.8. The molecule has 2 saturated carbocycles. The van der Waals surface area contributed by atoms with Crippen LogP contribution in [0.15, 0.2) is 35.5 Å². The lowest BCUT2D eigenvalue weighted by Crippen LogP contribution is -2.51. The summed E-state index contributed by atoms with van der Waals surface area (Å²) in [6, 6.07) is 9.41. The van der Waals surface area contributed by atoms with E-state index in [1.165, 1.54) is 0 Å². The van der Waals surface area contributed by atoms with Gasteiger partial charge in [0.1, 0.15) is 0 Å². The van der Waals surface area contributed by atoms with Crippen LogP contribution >= 0.6 is 0 Å². The van der Waals surface area contributed by atoms with Crippen LogP contribution in [-0.4, -0.2) is 34.7 Å². The lowest BCUT2D eigenvalue weighted by Gasteiger charge is -2.35. The number of rotatable bonds is 2. The minimum absolute atomic E-state index is 0.0627. The number of anilines is 1. The minimum atomic E-state index is -0.638. The highest BCUT2D eigenvalue weighted by atomic mass is 16.6. The standard InChI is InChI=1S/C21H25N3O3/c1-13-11-16(27-22-13)18(25)24-17-12-14-9-10-21(17,20(14,2)3)19(26)23(24)15-7-5-4-6-8-15/h4-8,14,16-17H,9-12H2,1-3H3/t14?,16-,17?,21?/m1/s1. The van der Waals surface area contributed by atoms with Gasteiger partial charge in [0.05, 0.1) is 22.9 Å². The number of benzene rings is 1. The van der Waals surface area contributed by atoms with Crippen molar-refractivity contribution in [2.24, 2.45) is 21.9 Å². The van der Waals surface area contributed by atoms with Crippen molar-refractivity contribution < 1.29 is 14.4 Å². The summed E-state index contributed by atoms with van der Waals surface area (Å²) in [5.41, 5.74) is 0.944. The molecule has 1 aromatic rings. The lowest BCUT2D eigenvalue weighted by atomic mass is 9.67. The van der Waals surface area contributed by atoms with Gasteiger partial charge >= 0.3 is 0 Å². The van der Waals surface area contributed by atoms with Crippen LogP contribution in [-0.2, 0) is 14.4 Å². The van der Waals surface area contributed by atoms with Crippen molar-refractivity contribution in [2.75, 3.05) is 5.01 Å². The number of carbonyl (C=O) groups excluding carboxylic acids is 2. The molecule has 2 aliphatic carbocycles. The van der Waals surface area contributed by atoms with Gasteiger partial charge in [0.2, 0.25) is 6.10 Å². The van der Waals surface area contributed by atoms with Crippen LogP contribution in [0.1, 0.15) is 46.5 Å². The van der Waals surface area contributed by atoms with E-state index in [9.17, 15) is 9.59 Å². The smallest absolute Gasteiger partial charge is 0.286 e. The molecule has 142 valence electrons. The Balaban J connectivity index is 1.61. The second-order valence-electron chi connectivity index (χ2n) is 8.94. The fraction of sp³-hybridized carbons (Fsp3) is 0.571. The molecule has 2 aliphatic heterocycles. The molecular weight excluding hydrogens is 342 g/mol. The van der Waals surface area contributed by atoms with Crippen molar-refractivity contribution in [3.05, 3.63) is 30.3 Å². The lowest BCUT2D eigenvalue weighted by molar-refractivity contribution is -0.145. The third-order valence-corrected chi connectivity index (χ3v) is 7.54. The van der Waals surface area contributed by atoms with E-state index in [1.807, 2.05) is 37.3 Å². The molecule has 4 atom stereocenters. The van der Waals surface area contributed by atoms with Gasteiger partial charge in [-0.25, -0.2) is 10.0 Å². The van der Waals surface area contributed by atoms with Crippen molar-refractivity contribution in [3.8, 4) is 0 Å². The Labute approximate surface area is 159 Å². The van der Waals surface area contributed by atoms with Crippen LogP contribution in [0, 0.1) is 16.7 Å². The van der Waals surface area contributed by atoms with Gasteiger partial charge in [0.25, 0.3) is 11.8 Å². The number of hydrazine groups is 1. The van der Waals surface area contributed by atoms with Crippen LogP contribution in [0.2, 0.25) is 0 Å². The van der Waals surface area contributed by atoms with E-state index in [2.05, 4.69) is 19.0 Å². The summed E-state index contributed by atoms with van der Waals surface area (Å²) in [5, 5.41) is 7.30. The van der Waals surface area contributed by atoms with Crippen molar-refractivity contribution >= 4 is 23.2 Å². The highest BCUT2D eigenvalue weighted by Crippen LogP contribution is 2.70. The van der Waals surface area contributed by atoms with Gasteiger partial charge < -0.3 is 4.84 Å². The molecule has 2 bridgehead atoms. The van der Waals surface area contributed by atoms with Crippen LogP contribution in [0.3, 0.4) is 0 Å². The zero-order valence-corrected chi connectivity index (χ0v) is 16.0. The minimum Gasteiger partial charge on any atom is -0.382 e. The van der Waals surface area contributed by atoms with Gasteiger partial charge in [0.15, 0.2) is 0 Å². The maximum absolute atomic E-state index is 13.8. The fourth-order valence-electron chi connectivity index (χ4n) is 6.03. The summed E-state index contributed by atoms with van der Waals surface area (Å²) in [4.78, 5) is 32.7. The van der Waals surface area contributed by atoms with E-state index in [-0.39, 0.29) is 23.3 Å². The van der Waals surface area contributed by atoms with Gasteiger partial charge in [-0.05, 0) is 49.7 Å². The first-order valence-corrected chi connectivity index (χ1v) is 9.80. The number of para-hydroxylation sites is 1. The Morgan fingerprint density at radius 3 is 2.63 bits per heavy atom. The number of amides is 2. The molecule has 0 aromatic heterocycles. The van der Waals surface area contributed by atoms with Gasteiger partial charge in [-0.1, -0.05) is 37.2 Å². The predicted octanol–water partition coefficient (Wildman–Crippen LogP) is 3.14. The number of fused-ring (bicyclic) bond motifs is 1. The molecule has 1 spiro atoms. The molecule has 3 fully saturated rings. The molecule has 6 heteroatoms. The first-order chi connectivity index (χ1) is 12.9. The molecule has 27 heavy (non-hydrogen) atoms. The van der Waals surface area contributed by atoms with Crippen LogP contribution in [0.5, 0.6) is 0 Å². The Morgan fingerprint density at radius 2 is 2.00 bits per heavy atom. The number of carbonyl (C=O) groups is 2. The molecular formula is C21H25N3O3. The number of hydrogen-bond acceptors (Lipinski definition) is 4. The Bertz CT molecular complexity index is 849. The Morgan fingerprint density at radius 1 is 1.26 bits per heavy atom. The zero-order chi connectivity index (χ0) is 19.0. The topological polar surface area (TPSA) is 62.2 Å². The summed E-state index contributed by atoms with van der Waals surface area (Å²) in [6.07, 6.45) is 2.63. The first kappa shape index (κ1) is 16.8. The van der Waals surface area contributed by atoms with Gasteiger partial charge in [-0.3, -0.25) is 9.59 Å². The molecule has 3 unspecified atom stereocenters. The molecule has 1 aromatic carbocycles. The highest BCUT2D eigenvalue weighted by molar-refractivity contribution is 6.06. The predicted molar refractivity (Wildman–Crippen MR) is 101 cm³/mol. The van der Waals surface area contributed by atoms with Crippen molar-refractivity contribution in [1.29, 1.82) is 0 Å². The van der Waals surface area contributed by atoms with Crippen molar-refractivity contribution in [1.82, 2.24) is 5.01 Å². The van der Waals surface area contributed by atoms with E-state index in [4.69, 9.17) is 4.84 Å². The van der Waals surface area contributed by atoms with Gasteiger partial charge in [-0.15, -0.1) is 0 Å². The molecule has 1 saturated heterocycles. The van der Waals surface area contributed by atoms with E-state index in [1.54, 1.807) is 10.0 Å². The van der Waals surface area contributed by atoms with E-state index in [0.29, 0.717) is 12.3 Å². The second-order valence-corrected chi connectivity index (χ2v) is 8.94. The Hall–Kier alpha value is -2.37. The monoisotopic (exact) mass is 367 g/mol.